The standard InChI is InChI=1S/C15H21NO.CH4O/c1-4-5-14(17)8-6-13-7-9-15(12(3)16)11(2)10-13;1-2/h7,9-10H,3-6,8,16H2,1-2H3;2H,1H3. The summed E-state index contributed by atoms with van der Waals surface area (Å²) in [5, 5.41) is 7.00. The maximum absolute atomic E-state index is 11.4. The van der Waals surface area contributed by atoms with E-state index in [-0.39, 0.29) is 0 Å². The van der Waals surface area contributed by atoms with Crippen molar-refractivity contribution in [3.63, 3.8) is 0 Å². The summed E-state index contributed by atoms with van der Waals surface area (Å²) >= 11 is 0. The van der Waals surface area contributed by atoms with Gasteiger partial charge in [0.25, 0.3) is 0 Å². The summed E-state index contributed by atoms with van der Waals surface area (Å²) < 4.78 is 0. The molecule has 19 heavy (non-hydrogen) atoms. The first-order valence-electron chi connectivity index (χ1n) is 6.55. The lowest BCUT2D eigenvalue weighted by Crippen LogP contribution is -2.01. The van der Waals surface area contributed by atoms with Gasteiger partial charge in [0.2, 0.25) is 0 Å². The Kier molecular flexibility index (Phi) is 8.55. The van der Waals surface area contributed by atoms with Gasteiger partial charge >= 0.3 is 0 Å². The summed E-state index contributed by atoms with van der Waals surface area (Å²) in [4.78, 5) is 11.4. The number of Topliss-reactive ketones (excluding diaryl/α,β-unsaturated/α-hetero) is 1. The average molecular weight is 263 g/mol. The number of ketones is 1. The Morgan fingerprint density at radius 3 is 2.42 bits per heavy atom. The highest BCUT2D eigenvalue weighted by atomic mass is 16.2. The van der Waals surface area contributed by atoms with Crippen molar-refractivity contribution in [3.05, 3.63) is 41.5 Å². The molecule has 0 aliphatic rings. The molecule has 0 amide bonds. The Morgan fingerprint density at radius 1 is 1.32 bits per heavy atom. The normalized spacial score (nSPS) is 9.47. The molecule has 3 heteroatoms. The number of carbonyl (C=O) groups is 1. The zero-order valence-electron chi connectivity index (χ0n) is 12.2. The maximum atomic E-state index is 11.4. The van der Waals surface area contributed by atoms with Crippen LogP contribution in [0.15, 0.2) is 24.8 Å². The summed E-state index contributed by atoms with van der Waals surface area (Å²) in [6.45, 7) is 7.79. The van der Waals surface area contributed by atoms with Gasteiger partial charge in [0, 0.05) is 25.6 Å². The Hall–Kier alpha value is -1.61. The minimum Gasteiger partial charge on any atom is -0.400 e. The number of aliphatic hydroxyl groups excluding tert-OH is 1. The summed E-state index contributed by atoms with van der Waals surface area (Å²) in [5.41, 5.74) is 9.58. The predicted molar refractivity (Wildman–Crippen MR) is 80.8 cm³/mol. The van der Waals surface area contributed by atoms with Crippen LogP contribution in [0.4, 0.5) is 0 Å². The van der Waals surface area contributed by atoms with E-state index in [9.17, 15) is 4.79 Å². The van der Waals surface area contributed by atoms with Crippen LogP contribution in [0.5, 0.6) is 0 Å². The molecule has 3 N–H and O–H groups in total. The Labute approximate surface area is 116 Å². The van der Waals surface area contributed by atoms with Crippen molar-refractivity contribution >= 4 is 11.5 Å². The monoisotopic (exact) mass is 263 g/mol. The molecule has 0 unspecified atom stereocenters. The minimum absolute atomic E-state index is 0.345. The molecule has 0 spiro atoms. The Morgan fingerprint density at radius 2 is 1.95 bits per heavy atom. The Balaban J connectivity index is 0.00000154. The quantitative estimate of drug-likeness (QED) is 0.829. The topological polar surface area (TPSA) is 63.3 Å². The number of benzene rings is 1. The molecule has 106 valence electrons. The van der Waals surface area contributed by atoms with Crippen LogP contribution in [-0.4, -0.2) is 18.0 Å². The first-order chi connectivity index (χ1) is 9.04. The van der Waals surface area contributed by atoms with E-state index >= 15 is 0 Å². The first kappa shape index (κ1) is 17.4. The molecule has 1 rings (SSSR count). The number of rotatable bonds is 6. The second-order valence-corrected chi connectivity index (χ2v) is 4.46. The zero-order chi connectivity index (χ0) is 14.8. The van der Waals surface area contributed by atoms with Gasteiger partial charge in [0.15, 0.2) is 0 Å². The van der Waals surface area contributed by atoms with Crippen LogP contribution in [0.3, 0.4) is 0 Å². The summed E-state index contributed by atoms with van der Waals surface area (Å²) in [5.74, 6) is 0.345. The van der Waals surface area contributed by atoms with Crippen LogP contribution in [0.1, 0.15) is 42.9 Å². The molecule has 0 saturated heterocycles. The van der Waals surface area contributed by atoms with Gasteiger partial charge in [-0.2, -0.15) is 0 Å². The summed E-state index contributed by atoms with van der Waals surface area (Å²) in [7, 11) is 1.00. The van der Waals surface area contributed by atoms with E-state index in [1.807, 2.05) is 26.0 Å². The highest BCUT2D eigenvalue weighted by molar-refractivity contribution is 5.78. The predicted octanol–water partition coefficient (Wildman–Crippen LogP) is 2.83. The average Bonchev–Trinajstić information content (AvgIpc) is 2.39. The van der Waals surface area contributed by atoms with E-state index in [0.29, 0.717) is 24.3 Å². The van der Waals surface area contributed by atoms with Crippen molar-refractivity contribution in [1.82, 2.24) is 0 Å². The van der Waals surface area contributed by atoms with E-state index < -0.39 is 0 Å². The second kappa shape index (κ2) is 9.34. The molecule has 1 aromatic rings. The smallest absolute Gasteiger partial charge is 0.133 e. The highest BCUT2D eigenvalue weighted by Gasteiger charge is 2.04. The lowest BCUT2D eigenvalue weighted by Gasteiger charge is -2.07. The third-order valence-electron chi connectivity index (χ3n) is 2.86. The van der Waals surface area contributed by atoms with Gasteiger partial charge < -0.3 is 10.8 Å². The number of aryl methyl sites for hydroxylation is 2. The van der Waals surface area contributed by atoms with Gasteiger partial charge in [-0.3, -0.25) is 4.79 Å². The number of aliphatic hydroxyl groups is 1. The molecule has 0 fully saturated rings. The van der Waals surface area contributed by atoms with Gasteiger partial charge in [-0.1, -0.05) is 31.7 Å². The van der Waals surface area contributed by atoms with Crippen molar-refractivity contribution in [3.8, 4) is 0 Å². The molecule has 1 aromatic carbocycles. The van der Waals surface area contributed by atoms with E-state index in [1.54, 1.807) is 0 Å². The van der Waals surface area contributed by atoms with Crippen molar-refractivity contribution in [2.24, 2.45) is 5.73 Å². The van der Waals surface area contributed by atoms with Gasteiger partial charge in [-0.15, -0.1) is 0 Å². The Bertz CT molecular complexity index is 425. The van der Waals surface area contributed by atoms with E-state index in [1.165, 1.54) is 5.56 Å². The van der Waals surface area contributed by atoms with Gasteiger partial charge in [-0.05, 0) is 36.5 Å². The van der Waals surface area contributed by atoms with Crippen molar-refractivity contribution < 1.29 is 9.90 Å². The third-order valence-corrected chi connectivity index (χ3v) is 2.86. The SMILES string of the molecule is C=C(N)c1ccc(CCC(=O)CCC)cc1C.CO. The number of hydrogen-bond donors (Lipinski definition) is 2. The fraction of sp³-hybridized carbons (Fsp3) is 0.438. The molecule has 0 aliphatic heterocycles. The molecule has 0 bridgehead atoms. The van der Waals surface area contributed by atoms with Gasteiger partial charge in [-0.25, -0.2) is 0 Å². The zero-order valence-corrected chi connectivity index (χ0v) is 12.2. The lowest BCUT2D eigenvalue weighted by atomic mass is 9.99. The molecule has 0 atom stereocenters. The molecule has 0 heterocycles. The van der Waals surface area contributed by atoms with Crippen LogP contribution in [0.2, 0.25) is 0 Å². The van der Waals surface area contributed by atoms with E-state index in [0.717, 1.165) is 31.1 Å². The van der Waals surface area contributed by atoms with E-state index in [4.69, 9.17) is 10.8 Å². The third kappa shape index (κ3) is 6.20. The molecule has 0 aliphatic carbocycles. The highest BCUT2D eigenvalue weighted by Crippen LogP contribution is 2.16. The second-order valence-electron chi connectivity index (χ2n) is 4.46. The summed E-state index contributed by atoms with van der Waals surface area (Å²) in [6, 6.07) is 6.10. The molecule has 0 saturated carbocycles. The van der Waals surface area contributed by atoms with Crippen molar-refractivity contribution in [2.45, 2.75) is 39.5 Å². The molecule has 0 aromatic heterocycles. The van der Waals surface area contributed by atoms with Gasteiger partial charge in [0.1, 0.15) is 5.78 Å². The largest absolute Gasteiger partial charge is 0.400 e. The number of nitrogens with two attached hydrogens (primary N) is 1. The molecule has 0 radical (unpaired) electrons. The van der Waals surface area contributed by atoms with Crippen LogP contribution in [0.25, 0.3) is 5.70 Å². The van der Waals surface area contributed by atoms with Crippen molar-refractivity contribution in [1.29, 1.82) is 0 Å². The fourth-order valence-electron chi connectivity index (χ4n) is 1.93. The van der Waals surface area contributed by atoms with Gasteiger partial charge in [0.05, 0.1) is 0 Å². The van der Waals surface area contributed by atoms with Crippen LogP contribution in [-0.2, 0) is 11.2 Å². The summed E-state index contributed by atoms with van der Waals surface area (Å²) in [6.07, 6.45) is 3.08. The van der Waals surface area contributed by atoms with E-state index in [2.05, 4.69) is 12.6 Å². The van der Waals surface area contributed by atoms with Crippen LogP contribution >= 0.6 is 0 Å². The maximum Gasteiger partial charge on any atom is 0.133 e. The van der Waals surface area contributed by atoms with Crippen LogP contribution in [0, 0.1) is 6.92 Å². The first-order valence-corrected chi connectivity index (χ1v) is 6.55. The minimum atomic E-state index is 0.345. The molecule has 3 nitrogen and oxygen atoms in total. The number of carbonyl (C=O) groups excluding carboxylic acids is 1. The molecular weight excluding hydrogens is 238 g/mol. The van der Waals surface area contributed by atoms with Crippen molar-refractivity contribution in [2.75, 3.05) is 7.11 Å². The fourth-order valence-corrected chi connectivity index (χ4v) is 1.93. The molecular formula is C16H25NO2. The number of hydrogen-bond acceptors (Lipinski definition) is 3. The van der Waals surface area contributed by atoms with Crippen LogP contribution < -0.4 is 5.73 Å². The lowest BCUT2D eigenvalue weighted by molar-refractivity contribution is -0.119.